The summed E-state index contributed by atoms with van der Waals surface area (Å²) in [6.07, 6.45) is 0. The van der Waals surface area contributed by atoms with Crippen LogP contribution in [0.2, 0.25) is 5.02 Å². The van der Waals surface area contributed by atoms with Crippen molar-refractivity contribution >= 4 is 28.4 Å². The highest BCUT2D eigenvalue weighted by Crippen LogP contribution is 2.30. The molecule has 0 bridgehead atoms. The van der Waals surface area contributed by atoms with E-state index in [0.29, 0.717) is 27.6 Å². The van der Waals surface area contributed by atoms with Gasteiger partial charge in [-0.25, -0.2) is 0 Å². The molecule has 0 atom stereocenters. The first-order valence-corrected chi connectivity index (χ1v) is 7.01. The Morgan fingerprint density at radius 3 is 2.62 bits per heavy atom. The van der Waals surface area contributed by atoms with E-state index < -0.39 is 0 Å². The van der Waals surface area contributed by atoms with Crippen molar-refractivity contribution in [2.24, 2.45) is 7.05 Å². The Kier molecular flexibility index (Phi) is 3.14. The van der Waals surface area contributed by atoms with E-state index in [1.807, 2.05) is 33.9 Å². The maximum absolute atomic E-state index is 12.8. The van der Waals surface area contributed by atoms with E-state index in [2.05, 4.69) is 5.10 Å². The number of aromatic nitrogens is 2. The zero-order valence-corrected chi connectivity index (χ0v) is 13.1. The second-order valence-corrected chi connectivity index (χ2v) is 5.63. The van der Waals surface area contributed by atoms with Crippen LogP contribution in [0.15, 0.2) is 22.6 Å². The first-order chi connectivity index (χ1) is 9.90. The number of carbonyl (C=O) groups is 1. The van der Waals surface area contributed by atoms with Gasteiger partial charge in [-0.05, 0) is 39.0 Å². The van der Waals surface area contributed by atoms with Crippen molar-refractivity contribution < 1.29 is 9.21 Å². The minimum absolute atomic E-state index is 0.136. The van der Waals surface area contributed by atoms with Crippen molar-refractivity contribution in [3.05, 3.63) is 51.5 Å². The molecule has 0 saturated carbocycles. The molecule has 1 aromatic carbocycles. The van der Waals surface area contributed by atoms with E-state index in [9.17, 15) is 4.79 Å². The topological polar surface area (TPSA) is 48.0 Å². The van der Waals surface area contributed by atoms with Gasteiger partial charge < -0.3 is 4.42 Å². The predicted molar refractivity (Wildman–Crippen MR) is 82.1 cm³/mol. The molecule has 0 spiro atoms. The molecule has 3 rings (SSSR count). The van der Waals surface area contributed by atoms with Crippen LogP contribution in [0.25, 0.3) is 11.0 Å². The van der Waals surface area contributed by atoms with Gasteiger partial charge in [-0.1, -0.05) is 11.6 Å². The fraction of sp³-hybridized carbons (Fsp3) is 0.250. The summed E-state index contributed by atoms with van der Waals surface area (Å²) >= 11 is 6.01. The molecule has 3 aromatic rings. The first-order valence-electron chi connectivity index (χ1n) is 6.63. The summed E-state index contributed by atoms with van der Waals surface area (Å²) in [6, 6.07) is 5.35. The number of benzene rings is 1. The Labute approximate surface area is 127 Å². The molecular weight excluding hydrogens is 288 g/mol. The minimum atomic E-state index is -0.136. The minimum Gasteiger partial charge on any atom is -0.452 e. The van der Waals surface area contributed by atoms with E-state index in [1.54, 1.807) is 16.8 Å². The lowest BCUT2D eigenvalue weighted by Crippen LogP contribution is -2.05. The molecule has 0 saturated heterocycles. The Balaban J connectivity index is 2.20. The molecule has 4 nitrogen and oxygen atoms in total. The van der Waals surface area contributed by atoms with Gasteiger partial charge in [0.2, 0.25) is 5.78 Å². The van der Waals surface area contributed by atoms with Crippen LogP contribution in [0.5, 0.6) is 0 Å². The van der Waals surface area contributed by atoms with E-state index in [0.717, 1.165) is 16.6 Å². The van der Waals surface area contributed by atoms with Crippen molar-refractivity contribution in [2.75, 3.05) is 0 Å². The number of halogens is 1. The lowest BCUT2D eigenvalue weighted by Gasteiger charge is -2.00. The third-order valence-electron chi connectivity index (χ3n) is 3.84. The molecule has 2 heterocycles. The molecular formula is C16H15ClN2O2. The van der Waals surface area contributed by atoms with Crippen LogP contribution in [0.1, 0.15) is 33.1 Å². The fourth-order valence-corrected chi connectivity index (χ4v) is 2.80. The molecule has 0 unspecified atom stereocenters. The highest BCUT2D eigenvalue weighted by molar-refractivity contribution is 6.31. The number of hydrogen-bond donors (Lipinski definition) is 0. The Morgan fingerprint density at radius 1 is 1.29 bits per heavy atom. The molecule has 0 aliphatic rings. The summed E-state index contributed by atoms with van der Waals surface area (Å²) in [5, 5.41) is 5.78. The van der Waals surface area contributed by atoms with Crippen LogP contribution < -0.4 is 0 Å². The smallest absolute Gasteiger partial charge is 0.232 e. The van der Waals surface area contributed by atoms with Crippen LogP contribution in [-0.2, 0) is 7.05 Å². The summed E-state index contributed by atoms with van der Waals surface area (Å²) in [5.41, 5.74) is 3.61. The molecule has 2 aromatic heterocycles. The van der Waals surface area contributed by atoms with E-state index in [-0.39, 0.29) is 5.78 Å². The maximum atomic E-state index is 12.8. The summed E-state index contributed by atoms with van der Waals surface area (Å²) in [5.74, 6) is 0.217. The number of fused-ring (bicyclic) bond motifs is 1. The van der Waals surface area contributed by atoms with Crippen molar-refractivity contribution in [1.82, 2.24) is 9.78 Å². The summed E-state index contributed by atoms with van der Waals surface area (Å²) in [4.78, 5) is 12.8. The molecule has 0 radical (unpaired) electrons. The molecule has 0 N–H and O–H groups in total. The van der Waals surface area contributed by atoms with Gasteiger partial charge in [-0.2, -0.15) is 5.10 Å². The Morgan fingerprint density at radius 2 is 2.00 bits per heavy atom. The van der Waals surface area contributed by atoms with Crippen molar-refractivity contribution in [1.29, 1.82) is 0 Å². The third-order valence-corrected chi connectivity index (χ3v) is 4.08. The molecule has 0 fully saturated rings. The highest BCUT2D eigenvalue weighted by atomic mass is 35.5. The molecule has 0 aliphatic heterocycles. The summed E-state index contributed by atoms with van der Waals surface area (Å²) in [7, 11) is 1.82. The van der Waals surface area contributed by atoms with Gasteiger partial charge in [0.1, 0.15) is 5.58 Å². The Hall–Kier alpha value is -2.07. The molecule has 108 valence electrons. The monoisotopic (exact) mass is 302 g/mol. The van der Waals surface area contributed by atoms with Gasteiger partial charge in [-0.3, -0.25) is 9.48 Å². The molecule has 21 heavy (non-hydrogen) atoms. The van der Waals surface area contributed by atoms with Crippen molar-refractivity contribution in [2.45, 2.75) is 20.8 Å². The molecule has 0 aliphatic carbocycles. The fourth-order valence-electron chi connectivity index (χ4n) is 2.63. The van der Waals surface area contributed by atoms with E-state index >= 15 is 0 Å². The largest absolute Gasteiger partial charge is 0.452 e. The SMILES string of the molecule is Cc1nn(C)c(C)c1C(=O)c1oc2ccc(Cl)cc2c1C. The Bertz CT molecular complexity index is 874. The standard InChI is InChI=1S/C16H15ClN2O2/c1-8-12-7-11(17)5-6-13(12)21-16(8)15(20)14-9(2)18-19(4)10(14)3/h5-7H,1-4H3. The number of ketones is 1. The van der Waals surface area contributed by atoms with Crippen LogP contribution >= 0.6 is 11.6 Å². The van der Waals surface area contributed by atoms with Gasteiger partial charge in [0.25, 0.3) is 0 Å². The lowest BCUT2D eigenvalue weighted by molar-refractivity contribution is 0.101. The van der Waals surface area contributed by atoms with E-state index in [4.69, 9.17) is 16.0 Å². The number of aryl methyl sites for hydroxylation is 3. The zero-order valence-electron chi connectivity index (χ0n) is 12.3. The number of nitrogens with zero attached hydrogens (tertiary/aromatic N) is 2. The third kappa shape index (κ3) is 2.07. The van der Waals surface area contributed by atoms with E-state index in [1.165, 1.54) is 0 Å². The van der Waals surface area contributed by atoms with Gasteiger partial charge in [0.15, 0.2) is 5.76 Å². The average Bonchev–Trinajstić information content (AvgIpc) is 2.88. The quantitative estimate of drug-likeness (QED) is 0.673. The van der Waals surface area contributed by atoms with Crippen LogP contribution in [-0.4, -0.2) is 15.6 Å². The highest BCUT2D eigenvalue weighted by Gasteiger charge is 2.24. The molecule has 0 amide bonds. The first kappa shape index (κ1) is 13.9. The summed E-state index contributed by atoms with van der Waals surface area (Å²) in [6.45, 7) is 5.58. The second-order valence-electron chi connectivity index (χ2n) is 5.20. The number of hydrogen-bond acceptors (Lipinski definition) is 3. The van der Waals surface area contributed by atoms with Gasteiger partial charge in [0.05, 0.1) is 11.3 Å². The number of carbonyl (C=O) groups excluding carboxylic acids is 1. The average molecular weight is 303 g/mol. The lowest BCUT2D eigenvalue weighted by atomic mass is 10.0. The maximum Gasteiger partial charge on any atom is 0.232 e. The second kappa shape index (κ2) is 4.74. The van der Waals surface area contributed by atoms with Gasteiger partial charge >= 0.3 is 0 Å². The van der Waals surface area contributed by atoms with Crippen LogP contribution in [0.3, 0.4) is 0 Å². The van der Waals surface area contributed by atoms with Gasteiger partial charge in [0, 0.05) is 28.7 Å². The van der Waals surface area contributed by atoms with Crippen LogP contribution in [0.4, 0.5) is 0 Å². The van der Waals surface area contributed by atoms with Gasteiger partial charge in [-0.15, -0.1) is 0 Å². The van der Waals surface area contributed by atoms with Crippen molar-refractivity contribution in [3.63, 3.8) is 0 Å². The normalized spacial score (nSPS) is 11.3. The molecule has 5 heteroatoms. The van der Waals surface area contributed by atoms with Crippen LogP contribution in [0, 0.1) is 20.8 Å². The zero-order chi connectivity index (χ0) is 15.3. The summed E-state index contributed by atoms with van der Waals surface area (Å²) < 4.78 is 7.45. The van der Waals surface area contributed by atoms with Crippen molar-refractivity contribution in [3.8, 4) is 0 Å². The number of furan rings is 1. The number of rotatable bonds is 2. The predicted octanol–water partition coefficient (Wildman–Crippen LogP) is 3.98.